The van der Waals surface area contributed by atoms with Crippen molar-refractivity contribution in [3.63, 3.8) is 0 Å². The number of rotatable bonds is 4. The summed E-state index contributed by atoms with van der Waals surface area (Å²) in [5.74, 6) is 0.976. The number of amides is 3. The van der Waals surface area contributed by atoms with E-state index in [2.05, 4.69) is 22.5 Å². The average Bonchev–Trinajstić information content (AvgIpc) is 2.87. The largest absolute Gasteiger partial charge is 0.493 e. The Bertz CT molecular complexity index is 681. The third-order valence-corrected chi connectivity index (χ3v) is 4.93. The maximum absolute atomic E-state index is 12.8. The number of urea groups is 1. The molecule has 0 aromatic heterocycles. The van der Waals surface area contributed by atoms with E-state index in [0.717, 1.165) is 13.1 Å². The van der Waals surface area contributed by atoms with Crippen molar-refractivity contribution in [2.75, 3.05) is 52.3 Å². The number of methoxy groups -OCH3 is 2. The van der Waals surface area contributed by atoms with Gasteiger partial charge < -0.3 is 29.9 Å². The molecule has 1 aromatic rings. The second kappa shape index (κ2) is 7.82. The lowest BCUT2D eigenvalue weighted by molar-refractivity contribution is -0.124. The third-order valence-electron chi connectivity index (χ3n) is 4.93. The quantitative estimate of drug-likeness (QED) is 0.835. The van der Waals surface area contributed by atoms with Crippen LogP contribution in [0.15, 0.2) is 18.2 Å². The lowest BCUT2D eigenvalue weighted by Crippen LogP contribution is -2.50. The molecule has 2 heterocycles. The second-order valence-corrected chi connectivity index (χ2v) is 6.66. The molecular formula is C18H26N4O4. The molecule has 3 rings (SSSR count). The van der Waals surface area contributed by atoms with Crippen LogP contribution in [0.4, 0.5) is 10.5 Å². The zero-order chi connectivity index (χ0) is 18.7. The van der Waals surface area contributed by atoms with E-state index in [9.17, 15) is 9.59 Å². The van der Waals surface area contributed by atoms with Gasteiger partial charge in [-0.15, -0.1) is 0 Å². The molecule has 2 saturated heterocycles. The molecule has 2 fully saturated rings. The van der Waals surface area contributed by atoms with Crippen LogP contribution in [-0.2, 0) is 4.79 Å². The Morgan fingerprint density at radius 2 is 1.96 bits per heavy atom. The maximum atomic E-state index is 12.8. The summed E-state index contributed by atoms with van der Waals surface area (Å²) in [7, 11) is 3.12. The summed E-state index contributed by atoms with van der Waals surface area (Å²) in [5, 5.41) is 5.94. The third kappa shape index (κ3) is 3.85. The first-order valence-corrected chi connectivity index (χ1v) is 8.84. The van der Waals surface area contributed by atoms with Gasteiger partial charge in [0.05, 0.1) is 26.2 Å². The number of nitrogens with one attached hydrogen (secondary N) is 2. The van der Waals surface area contributed by atoms with Gasteiger partial charge in [-0.25, -0.2) is 4.79 Å². The summed E-state index contributed by atoms with van der Waals surface area (Å²) in [5.41, 5.74) is 0.622. The molecule has 0 aliphatic carbocycles. The molecule has 0 saturated carbocycles. The number of ether oxygens (including phenoxy) is 2. The van der Waals surface area contributed by atoms with Crippen molar-refractivity contribution in [1.29, 1.82) is 0 Å². The summed E-state index contributed by atoms with van der Waals surface area (Å²) < 4.78 is 10.5. The molecule has 1 aromatic carbocycles. The van der Waals surface area contributed by atoms with E-state index in [0.29, 0.717) is 36.8 Å². The van der Waals surface area contributed by atoms with Crippen molar-refractivity contribution in [3.8, 4) is 11.5 Å². The van der Waals surface area contributed by atoms with Gasteiger partial charge in [-0.2, -0.15) is 0 Å². The monoisotopic (exact) mass is 362 g/mol. The van der Waals surface area contributed by atoms with Gasteiger partial charge in [0.25, 0.3) is 0 Å². The van der Waals surface area contributed by atoms with Crippen LogP contribution in [0.5, 0.6) is 11.5 Å². The number of hydrogen-bond acceptors (Lipinski definition) is 5. The van der Waals surface area contributed by atoms with Gasteiger partial charge >= 0.3 is 6.03 Å². The number of benzene rings is 1. The van der Waals surface area contributed by atoms with E-state index >= 15 is 0 Å². The molecule has 2 aliphatic heterocycles. The standard InChI is InChI=1S/C18H26N4O4/c1-4-21-8-12-9-22(11-14(10-21)19-17(12)23)18(24)20-13-5-6-15(25-2)16(7-13)26-3/h5-7,12,14H,4,8-11H2,1-3H3,(H,19,23)(H,20,24)/t12-,14+/m1/s1. The van der Waals surface area contributed by atoms with Crippen molar-refractivity contribution >= 4 is 17.6 Å². The number of anilines is 1. The predicted octanol–water partition coefficient (Wildman–Crippen LogP) is 0.988. The van der Waals surface area contributed by atoms with Crippen molar-refractivity contribution < 1.29 is 19.1 Å². The molecule has 2 aliphatic rings. The lowest BCUT2D eigenvalue weighted by atomic mass is 10.1. The van der Waals surface area contributed by atoms with Gasteiger partial charge in [0, 0.05) is 37.9 Å². The average molecular weight is 362 g/mol. The topological polar surface area (TPSA) is 83.1 Å². The number of nitrogens with zero attached hydrogens (tertiary/aromatic N) is 2. The molecular weight excluding hydrogens is 336 g/mol. The second-order valence-electron chi connectivity index (χ2n) is 6.66. The van der Waals surface area contributed by atoms with Crippen LogP contribution in [0.25, 0.3) is 0 Å². The van der Waals surface area contributed by atoms with Crippen molar-refractivity contribution in [1.82, 2.24) is 15.1 Å². The van der Waals surface area contributed by atoms with E-state index in [-0.39, 0.29) is 23.9 Å². The minimum Gasteiger partial charge on any atom is -0.493 e. The maximum Gasteiger partial charge on any atom is 0.321 e. The molecule has 0 radical (unpaired) electrons. The molecule has 142 valence electrons. The first-order valence-electron chi connectivity index (χ1n) is 8.84. The SMILES string of the molecule is CCN1C[C@H]2CN(C(=O)Nc3ccc(OC)c(OC)c3)C[C@@H](C1)C(=O)N2. The van der Waals surface area contributed by atoms with Crippen LogP contribution in [0.2, 0.25) is 0 Å². The summed E-state index contributed by atoms with van der Waals surface area (Å²) in [6.07, 6.45) is 0. The molecule has 8 nitrogen and oxygen atoms in total. The van der Waals surface area contributed by atoms with Crippen LogP contribution in [0.3, 0.4) is 0 Å². The Morgan fingerprint density at radius 3 is 2.65 bits per heavy atom. The molecule has 26 heavy (non-hydrogen) atoms. The number of fused-ring (bicyclic) bond motifs is 3. The number of carbonyl (C=O) groups excluding carboxylic acids is 2. The Morgan fingerprint density at radius 1 is 1.19 bits per heavy atom. The highest BCUT2D eigenvalue weighted by Gasteiger charge is 2.36. The van der Waals surface area contributed by atoms with Gasteiger partial charge in [-0.1, -0.05) is 6.92 Å². The predicted molar refractivity (Wildman–Crippen MR) is 97.7 cm³/mol. The highest BCUT2D eigenvalue weighted by Crippen LogP contribution is 2.30. The van der Waals surface area contributed by atoms with Crippen LogP contribution in [0, 0.1) is 5.92 Å². The Balaban J connectivity index is 1.71. The van der Waals surface area contributed by atoms with E-state index < -0.39 is 0 Å². The van der Waals surface area contributed by atoms with Crippen LogP contribution >= 0.6 is 0 Å². The Kier molecular flexibility index (Phi) is 5.51. The van der Waals surface area contributed by atoms with Crippen molar-refractivity contribution in [3.05, 3.63) is 18.2 Å². The zero-order valence-corrected chi connectivity index (χ0v) is 15.4. The van der Waals surface area contributed by atoms with Crippen molar-refractivity contribution in [2.45, 2.75) is 13.0 Å². The number of hydrogen-bond donors (Lipinski definition) is 2. The number of carbonyl (C=O) groups is 2. The zero-order valence-electron chi connectivity index (χ0n) is 15.4. The molecule has 8 heteroatoms. The summed E-state index contributed by atoms with van der Waals surface area (Å²) in [6.45, 7) is 5.35. The van der Waals surface area contributed by atoms with Crippen LogP contribution in [-0.4, -0.2) is 74.7 Å². The van der Waals surface area contributed by atoms with E-state index in [4.69, 9.17) is 9.47 Å². The molecule has 0 spiro atoms. The molecule has 0 unspecified atom stereocenters. The fourth-order valence-corrected chi connectivity index (χ4v) is 3.54. The van der Waals surface area contributed by atoms with Gasteiger partial charge in [0.1, 0.15) is 0 Å². The van der Waals surface area contributed by atoms with Gasteiger partial charge in [0.15, 0.2) is 11.5 Å². The minimum absolute atomic E-state index is 0.0346. The van der Waals surface area contributed by atoms with Crippen LogP contribution < -0.4 is 20.1 Å². The Labute approximate surface area is 153 Å². The fourth-order valence-electron chi connectivity index (χ4n) is 3.54. The van der Waals surface area contributed by atoms with Crippen molar-refractivity contribution in [2.24, 2.45) is 5.92 Å². The smallest absolute Gasteiger partial charge is 0.321 e. The van der Waals surface area contributed by atoms with E-state index in [1.165, 1.54) is 0 Å². The molecule has 2 N–H and O–H groups in total. The van der Waals surface area contributed by atoms with E-state index in [1.807, 2.05) is 0 Å². The lowest BCUT2D eigenvalue weighted by Gasteiger charge is -2.32. The highest BCUT2D eigenvalue weighted by molar-refractivity contribution is 5.91. The minimum atomic E-state index is -0.214. The van der Waals surface area contributed by atoms with Gasteiger partial charge in [0.2, 0.25) is 5.91 Å². The van der Waals surface area contributed by atoms with Gasteiger partial charge in [-0.05, 0) is 18.7 Å². The summed E-state index contributed by atoms with van der Waals surface area (Å²) >= 11 is 0. The first kappa shape index (κ1) is 18.3. The van der Waals surface area contributed by atoms with Gasteiger partial charge in [-0.3, -0.25) is 4.79 Å². The summed E-state index contributed by atoms with van der Waals surface area (Å²) in [4.78, 5) is 29.0. The summed E-state index contributed by atoms with van der Waals surface area (Å²) in [6, 6.07) is 4.97. The molecule has 3 amide bonds. The highest BCUT2D eigenvalue weighted by atomic mass is 16.5. The molecule has 2 atom stereocenters. The van der Waals surface area contributed by atoms with E-state index in [1.54, 1.807) is 37.3 Å². The first-order chi connectivity index (χ1) is 12.5. The fraction of sp³-hybridized carbons (Fsp3) is 0.556. The van der Waals surface area contributed by atoms with Crippen LogP contribution in [0.1, 0.15) is 6.92 Å². The normalized spacial score (nSPS) is 23.0. The number of likely N-dealkylation sites (N-methyl/N-ethyl adjacent to an activating group) is 1. The molecule has 2 bridgehead atoms. The Hall–Kier alpha value is -2.48.